The maximum absolute atomic E-state index is 6.20. The fraction of sp³-hybridized carbons (Fsp3) is 0.833. The predicted octanol–water partition coefficient (Wildman–Crippen LogP) is 3.96. The summed E-state index contributed by atoms with van der Waals surface area (Å²) >= 11 is 6.20. The molecule has 0 amide bonds. The molecule has 0 radical (unpaired) electrons. The quantitative estimate of drug-likeness (QED) is 0.596. The van der Waals surface area contributed by atoms with Gasteiger partial charge < -0.3 is 0 Å². The molecule has 4 bridgehead atoms. The Kier molecular flexibility index (Phi) is 1.63. The van der Waals surface area contributed by atoms with Crippen molar-refractivity contribution in [3.8, 4) is 0 Å². The van der Waals surface area contributed by atoms with Gasteiger partial charge >= 0.3 is 0 Å². The van der Waals surface area contributed by atoms with Crippen LogP contribution in [0.3, 0.4) is 0 Å². The fourth-order valence-electron chi connectivity index (χ4n) is 4.44. The van der Waals surface area contributed by atoms with Crippen molar-refractivity contribution in [3.63, 3.8) is 0 Å². The van der Waals surface area contributed by atoms with Gasteiger partial charge in [0.25, 0.3) is 0 Å². The van der Waals surface area contributed by atoms with Crippen LogP contribution in [-0.4, -0.2) is 0 Å². The molecule has 0 nitrogen and oxygen atoms in total. The molecule has 0 aromatic carbocycles. The van der Waals surface area contributed by atoms with Gasteiger partial charge in [-0.15, -0.1) is 0 Å². The lowest BCUT2D eigenvalue weighted by atomic mass is 9.49. The SMILES string of the molecule is C=C(Cl)C12CC3CC(CC(C3)C1)C2. The van der Waals surface area contributed by atoms with Crippen molar-refractivity contribution in [2.24, 2.45) is 23.2 Å². The summed E-state index contributed by atoms with van der Waals surface area (Å²) in [4.78, 5) is 0. The Hall–Kier alpha value is 0.0300. The molecule has 0 saturated heterocycles. The third-order valence-corrected chi connectivity index (χ3v) is 5.01. The molecule has 4 rings (SSSR count). The zero-order valence-electron chi connectivity index (χ0n) is 8.06. The average Bonchev–Trinajstić information content (AvgIpc) is 2.00. The molecule has 72 valence electrons. The maximum Gasteiger partial charge on any atom is 0.0171 e. The number of allylic oxidation sites excluding steroid dienone is 1. The number of rotatable bonds is 1. The fourth-order valence-corrected chi connectivity index (χ4v) is 4.67. The van der Waals surface area contributed by atoms with Crippen molar-refractivity contribution in [2.75, 3.05) is 0 Å². The second-order valence-electron chi connectivity index (χ2n) is 5.60. The molecule has 4 aliphatic carbocycles. The lowest BCUT2D eigenvalue weighted by molar-refractivity contribution is -0.0261. The largest absolute Gasteiger partial charge is 0.0892 e. The molecule has 0 aliphatic heterocycles. The van der Waals surface area contributed by atoms with E-state index in [1.54, 1.807) is 0 Å². The first-order valence-corrected chi connectivity index (χ1v) is 5.91. The number of halogens is 1. The van der Waals surface area contributed by atoms with Gasteiger partial charge in [-0.3, -0.25) is 0 Å². The summed E-state index contributed by atoms with van der Waals surface area (Å²) in [6, 6.07) is 0. The van der Waals surface area contributed by atoms with E-state index in [0.717, 1.165) is 22.8 Å². The van der Waals surface area contributed by atoms with E-state index in [0.29, 0.717) is 5.41 Å². The van der Waals surface area contributed by atoms with Crippen LogP contribution in [0, 0.1) is 23.2 Å². The van der Waals surface area contributed by atoms with Gasteiger partial charge in [0.1, 0.15) is 0 Å². The van der Waals surface area contributed by atoms with E-state index in [1.807, 2.05) is 0 Å². The highest BCUT2D eigenvalue weighted by Crippen LogP contribution is 2.62. The van der Waals surface area contributed by atoms with Crippen LogP contribution in [-0.2, 0) is 0 Å². The van der Waals surface area contributed by atoms with E-state index < -0.39 is 0 Å². The van der Waals surface area contributed by atoms with Crippen LogP contribution in [0.4, 0.5) is 0 Å². The Morgan fingerprint density at radius 1 is 1.00 bits per heavy atom. The predicted molar refractivity (Wildman–Crippen MR) is 55.6 cm³/mol. The first-order valence-electron chi connectivity index (χ1n) is 5.53. The smallest absolute Gasteiger partial charge is 0.0171 e. The Morgan fingerprint density at radius 2 is 1.38 bits per heavy atom. The van der Waals surface area contributed by atoms with Crippen LogP contribution < -0.4 is 0 Å². The van der Waals surface area contributed by atoms with Gasteiger partial charge in [-0.05, 0) is 56.3 Å². The van der Waals surface area contributed by atoms with Crippen molar-refractivity contribution in [3.05, 3.63) is 11.6 Å². The van der Waals surface area contributed by atoms with E-state index in [2.05, 4.69) is 6.58 Å². The maximum atomic E-state index is 6.20. The zero-order valence-corrected chi connectivity index (χ0v) is 8.82. The molecule has 4 fully saturated rings. The molecule has 1 heteroatoms. The molecule has 13 heavy (non-hydrogen) atoms. The molecule has 0 atom stereocenters. The molecule has 0 unspecified atom stereocenters. The van der Waals surface area contributed by atoms with E-state index in [1.165, 1.54) is 38.5 Å². The molecule has 0 spiro atoms. The normalized spacial score (nSPS) is 52.5. The topological polar surface area (TPSA) is 0 Å². The zero-order chi connectivity index (χ0) is 9.05. The lowest BCUT2D eigenvalue weighted by Crippen LogP contribution is -2.46. The highest BCUT2D eigenvalue weighted by molar-refractivity contribution is 6.30. The van der Waals surface area contributed by atoms with Gasteiger partial charge in [0.15, 0.2) is 0 Å². The molecule has 0 aromatic heterocycles. The summed E-state index contributed by atoms with van der Waals surface area (Å²) in [5.74, 6) is 2.96. The summed E-state index contributed by atoms with van der Waals surface area (Å²) in [5.41, 5.74) is 0.371. The molecule has 0 heterocycles. The van der Waals surface area contributed by atoms with Gasteiger partial charge in [-0.1, -0.05) is 18.2 Å². The highest BCUT2D eigenvalue weighted by atomic mass is 35.5. The summed E-state index contributed by atoms with van der Waals surface area (Å²) in [7, 11) is 0. The van der Waals surface area contributed by atoms with Crippen molar-refractivity contribution in [1.82, 2.24) is 0 Å². The van der Waals surface area contributed by atoms with Crippen LogP contribution in [0.25, 0.3) is 0 Å². The molecule has 4 aliphatic rings. The molecule has 0 aromatic rings. The third kappa shape index (κ3) is 1.11. The van der Waals surface area contributed by atoms with E-state index in [-0.39, 0.29) is 0 Å². The monoisotopic (exact) mass is 196 g/mol. The minimum Gasteiger partial charge on any atom is -0.0892 e. The van der Waals surface area contributed by atoms with Crippen LogP contribution in [0.2, 0.25) is 0 Å². The van der Waals surface area contributed by atoms with E-state index in [9.17, 15) is 0 Å². The van der Waals surface area contributed by atoms with Crippen molar-refractivity contribution >= 4 is 11.6 Å². The van der Waals surface area contributed by atoms with Crippen molar-refractivity contribution in [1.29, 1.82) is 0 Å². The van der Waals surface area contributed by atoms with Crippen LogP contribution in [0.5, 0.6) is 0 Å². The average molecular weight is 197 g/mol. The van der Waals surface area contributed by atoms with Crippen molar-refractivity contribution in [2.45, 2.75) is 38.5 Å². The second-order valence-corrected chi connectivity index (χ2v) is 6.06. The first kappa shape index (κ1) is 8.35. The lowest BCUT2D eigenvalue weighted by Gasteiger charge is -2.56. The molecular formula is C12H17Cl. The van der Waals surface area contributed by atoms with Gasteiger partial charge in [-0.2, -0.15) is 0 Å². The van der Waals surface area contributed by atoms with E-state index >= 15 is 0 Å². The van der Waals surface area contributed by atoms with Gasteiger partial charge in [-0.25, -0.2) is 0 Å². The van der Waals surface area contributed by atoms with Crippen LogP contribution in [0.1, 0.15) is 38.5 Å². The molecular weight excluding hydrogens is 180 g/mol. The summed E-state index contributed by atoms with van der Waals surface area (Å²) in [6.07, 6.45) is 8.51. The standard InChI is InChI=1S/C12H17Cl/c1-8(13)12-5-9-2-10(6-12)4-11(3-9)7-12/h9-11H,1-7H2. The number of hydrogen-bond donors (Lipinski definition) is 0. The van der Waals surface area contributed by atoms with Gasteiger partial charge in [0.05, 0.1) is 0 Å². The Bertz CT molecular complexity index is 219. The van der Waals surface area contributed by atoms with Crippen molar-refractivity contribution < 1.29 is 0 Å². The summed E-state index contributed by atoms with van der Waals surface area (Å²) < 4.78 is 0. The first-order chi connectivity index (χ1) is 6.18. The summed E-state index contributed by atoms with van der Waals surface area (Å²) in [5, 5.41) is 0.964. The Labute approximate surface area is 85.3 Å². The molecule has 0 N–H and O–H groups in total. The minimum absolute atomic E-state index is 0.371. The third-order valence-electron chi connectivity index (χ3n) is 4.61. The highest BCUT2D eigenvalue weighted by Gasteiger charge is 2.51. The summed E-state index contributed by atoms with van der Waals surface area (Å²) in [6.45, 7) is 4.01. The van der Waals surface area contributed by atoms with Crippen LogP contribution >= 0.6 is 11.6 Å². The van der Waals surface area contributed by atoms with Crippen LogP contribution in [0.15, 0.2) is 11.6 Å². The van der Waals surface area contributed by atoms with E-state index in [4.69, 9.17) is 11.6 Å². The van der Waals surface area contributed by atoms with Gasteiger partial charge in [0.2, 0.25) is 0 Å². The van der Waals surface area contributed by atoms with Gasteiger partial charge in [0, 0.05) is 10.4 Å². The number of hydrogen-bond acceptors (Lipinski definition) is 0. The second kappa shape index (κ2) is 2.53. The minimum atomic E-state index is 0.371. The Morgan fingerprint density at radius 3 is 1.69 bits per heavy atom. The molecule has 4 saturated carbocycles. The Balaban J connectivity index is 1.95.